The van der Waals surface area contributed by atoms with Crippen molar-refractivity contribution in [1.29, 1.82) is 0 Å². The minimum atomic E-state index is -0.980. The number of benzene rings is 3. The molecule has 1 unspecified atom stereocenters. The molecule has 3 heterocycles. The van der Waals surface area contributed by atoms with Gasteiger partial charge in [-0.3, -0.25) is 9.36 Å². The maximum Gasteiger partial charge on any atom is 0.335 e. The van der Waals surface area contributed by atoms with Gasteiger partial charge in [0, 0.05) is 13.6 Å². The Bertz CT molecular complexity index is 1690. The van der Waals surface area contributed by atoms with Crippen LogP contribution in [-0.4, -0.2) is 37.3 Å². The monoisotopic (exact) mass is 494 g/mol. The van der Waals surface area contributed by atoms with Crippen molar-refractivity contribution in [3.05, 3.63) is 105 Å². The summed E-state index contributed by atoms with van der Waals surface area (Å²) in [5.74, 6) is -1.14. The molecule has 0 spiro atoms. The Morgan fingerprint density at radius 3 is 2.54 bits per heavy atom. The van der Waals surface area contributed by atoms with Crippen LogP contribution in [0.4, 0.5) is 5.95 Å². The second kappa shape index (κ2) is 8.63. The maximum absolute atomic E-state index is 13.2. The zero-order chi connectivity index (χ0) is 25.7. The summed E-state index contributed by atoms with van der Waals surface area (Å²) in [6, 6.07) is 21.7. The number of aromatic carboxylic acids is 1. The zero-order valence-electron chi connectivity index (χ0n) is 19.8. The predicted molar refractivity (Wildman–Crippen MR) is 137 cm³/mol. The average Bonchev–Trinajstić information content (AvgIpc) is 3.35. The fourth-order valence-electron chi connectivity index (χ4n) is 4.93. The minimum absolute atomic E-state index is 0.0341. The van der Waals surface area contributed by atoms with Crippen LogP contribution in [0.2, 0.25) is 0 Å². The van der Waals surface area contributed by atoms with Gasteiger partial charge < -0.3 is 19.5 Å². The summed E-state index contributed by atoms with van der Waals surface area (Å²) in [6.45, 7) is 0.466. The molecule has 2 aromatic heterocycles. The molecule has 37 heavy (non-hydrogen) atoms. The van der Waals surface area contributed by atoms with Gasteiger partial charge in [-0.2, -0.15) is 0 Å². The van der Waals surface area contributed by atoms with E-state index in [4.69, 9.17) is 9.40 Å². The molecule has 0 saturated heterocycles. The van der Waals surface area contributed by atoms with Crippen molar-refractivity contribution in [2.24, 2.45) is 7.05 Å². The molecule has 0 aliphatic carbocycles. The van der Waals surface area contributed by atoms with E-state index in [1.807, 2.05) is 53.4 Å². The van der Waals surface area contributed by atoms with E-state index in [1.54, 1.807) is 31.3 Å². The Hall–Kier alpha value is -4.92. The van der Waals surface area contributed by atoms with Gasteiger partial charge in [-0.25, -0.2) is 14.8 Å². The number of rotatable bonds is 4. The Morgan fingerprint density at radius 2 is 1.78 bits per heavy atom. The molecule has 184 valence electrons. The summed E-state index contributed by atoms with van der Waals surface area (Å²) >= 11 is 0. The van der Waals surface area contributed by atoms with Crippen molar-refractivity contribution in [2.75, 3.05) is 11.4 Å². The van der Waals surface area contributed by atoms with Crippen LogP contribution in [0.5, 0.6) is 5.75 Å². The number of fused-ring (bicyclic) bond motifs is 2. The average molecular weight is 495 g/mol. The highest BCUT2D eigenvalue weighted by Crippen LogP contribution is 2.39. The molecule has 1 aliphatic rings. The topological polar surface area (TPSA) is 122 Å². The fraction of sp³-hybridized carbons (Fsp3) is 0.143. The summed E-state index contributed by atoms with van der Waals surface area (Å²) < 4.78 is 7.13. The summed E-state index contributed by atoms with van der Waals surface area (Å²) in [5, 5.41) is 20.2. The van der Waals surface area contributed by atoms with Gasteiger partial charge in [-0.05, 0) is 47.4 Å². The van der Waals surface area contributed by atoms with E-state index in [2.05, 4.69) is 4.98 Å². The van der Waals surface area contributed by atoms with Gasteiger partial charge in [0.25, 0.3) is 11.4 Å². The number of nitrogens with zero attached hydrogens (tertiary/aromatic N) is 4. The number of aromatic nitrogens is 3. The lowest BCUT2D eigenvalue weighted by Crippen LogP contribution is -2.40. The van der Waals surface area contributed by atoms with Gasteiger partial charge in [0.05, 0.1) is 11.6 Å². The fourth-order valence-corrected chi connectivity index (χ4v) is 4.93. The zero-order valence-corrected chi connectivity index (χ0v) is 19.8. The Labute approximate surface area is 210 Å². The van der Waals surface area contributed by atoms with Crippen LogP contribution in [0, 0.1) is 0 Å². The molecular weight excluding hydrogens is 472 g/mol. The Balaban J connectivity index is 1.54. The molecule has 1 aliphatic heterocycles. The smallest absolute Gasteiger partial charge is 0.335 e. The van der Waals surface area contributed by atoms with E-state index in [1.165, 1.54) is 4.57 Å². The molecular formula is C28H22N4O5. The Morgan fingerprint density at radius 1 is 1.03 bits per heavy atom. The molecule has 5 aromatic rings. The second-order valence-corrected chi connectivity index (χ2v) is 8.94. The summed E-state index contributed by atoms with van der Waals surface area (Å²) in [4.78, 5) is 35.9. The first-order chi connectivity index (χ1) is 17.9. The van der Waals surface area contributed by atoms with Crippen LogP contribution < -0.4 is 10.5 Å². The molecule has 0 fully saturated rings. The van der Waals surface area contributed by atoms with E-state index in [9.17, 15) is 19.8 Å². The molecule has 9 heteroatoms. The number of carboxylic acid groups (broad SMARTS) is 1. The molecule has 0 amide bonds. The summed E-state index contributed by atoms with van der Waals surface area (Å²) in [7, 11) is 1.56. The van der Waals surface area contributed by atoms with Crippen LogP contribution in [0.3, 0.4) is 0 Å². The van der Waals surface area contributed by atoms with Gasteiger partial charge >= 0.3 is 5.97 Å². The molecule has 0 bridgehead atoms. The summed E-state index contributed by atoms with van der Waals surface area (Å²) in [5.41, 5.74) is 3.48. The van der Waals surface area contributed by atoms with Crippen molar-refractivity contribution in [3.63, 3.8) is 0 Å². The van der Waals surface area contributed by atoms with E-state index >= 15 is 0 Å². The third-order valence-corrected chi connectivity index (χ3v) is 6.73. The molecule has 1 atom stereocenters. The lowest BCUT2D eigenvalue weighted by Gasteiger charge is -2.39. The highest BCUT2D eigenvalue weighted by atomic mass is 16.4. The number of hydrogen-bond donors (Lipinski definition) is 2. The maximum atomic E-state index is 13.2. The third-order valence-electron chi connectivity index (χ3n) is 6.73. The number of hydrogen-bond acceptors (Lipinski definition) is 7. The van der Waals surface area contributed by atoms with Gasteiger partial charge in [0.15, 0.2) is 11.3 Å². The third kappa shape index (κ3) is 3.72. The standard InChI is InChI=1S/C28H22N4O5/c1-31-26(34)24(33)22(25-29-20-9-5-6-10-21(20)37-25)30-28(31)32-14-13-17-15-18(27(35)36)11-12-19(17)23(32)16-7-3-2-4-8-16/h2-12,15,23,33H,13-14H2,1H3,(H,35,36). The van der Waals surface area contributed by atoms with Crippen molar-refractivity contribution >= 4 is 23.0 Å². The van der Waals surface area contributed by atoms with Crippen LogP contribution in [0.25, 0.3) is 22.7 Å². The van der Waals surface area contributed by atoms with E-state index in [0.717, 1.165) is 16.7 Å². The van der Waals surface area contributed by atoms with Gasteiger partial charge in [0.1, 0.15) is 5.52 Å². The van der Waals surface area contributed by atoms with E-state index in [-0.39, 0.29) is 23.2 Å². The van der Waals surface area contributed by atoms with Crippen LogP contribution in [-0.2, 0) is 13.5 Å². The molecule has 2 N–H and O–H groups in total. The van der Waals surface area contributed by atoms with E-state index in [0.29, 0.717) is 30.0 Å². The first kappa shape index (κ1) is 22.5. The number of carboxylic acids is 1. The highest BCUT2D eigenvalue weighted by molar-refractivity contribution is 5.88. The van der Waals surface area contributed by atoms with Crippen LogP contribution in [0.1, 0.15) is 33.1 Å². The number of carbonyl (C=O) groups is 1. The van der Waals surface area contributed by atoms with Gasteiger partial charge in [-0.15, -0.1) is 0 Å². The normalized spacial score (nSPS) is 15.1. The quantitative estimate of drug-likeness (QED) is 0.382. The minimum Gasteiger partial charge on any atom is -0.501 e. The van der Waals surface area contributed by atoms with Gasteiger partial charge in [0.2, 0.25) is 11.7 Å². The highest BCUT2D eigenvalue weighted by Gasteiger charge is 2.33. The number of aromatic hydroxyl groups is 1. The van der Waals surface area contributed by atoms with Crippen LogP contribution >= 0.6 is 0 Å². The van der Waals surface area contributed by atoms with E-state index < -0.39 is 17.3 Å². The lowest BCUT2D eigenvalue weighted by molar-refractivity contribution is 0.0696. The number of para-hydroxylation sites is 2. The Kier molecular flexibility index (Phi) is 5.26. The SMILES string of the molecule is Cn1c(N2CCc3cc(C(=O)O)ccc3C2c2ccccc2)nc(-c2nc3ccccc3o2)c(O)c1=O. The molecule has 0 radical (unpaired) electrons. The van der Waals surface area contributed by atoms with Crippen LogP contribution in [0.15, 0.2) is 82.0 Å². The van der Waals surface area contributed by atoms with Gasteiger partial charge in [-0.1, -0.05) is 48.5 Å². The van der Waals surface area contributed by atoms with Crippen molar-refractivity contribution in [2.45, 2.75) is 12.5 Å². The number of oxazole rings is 1. The molecule has 3 aromatic carbocycles. The van der Waals surface area contributed by atoms with Crippen molar-refractivity contribution in [3.8, 4) is 17.3 Å². The van der Waals surface area contributed by atoms with Crippen molar-refractivity contribution in [1.82, 2.24) is 14.5 Å². The molecule has 6 rings (SSSR count). The molecule has 0 saturated carbocycles. The largest absolute Gasteiger partial charge is 0.501 e. The van der Waals surface area contributed by atoms with Crippen molar-refractivity contribution < 1.29 is 19.4 Å². The predicted octanol–water partition coefficient (Wildman–Crippen LogP) is 4.14. The number of anilines is 1. The molecule has 9 nitrogen and oxygen atoms in total. The second-order valence-electron chi connectivity index (χ2n) is 8.94. The lowest BCUT2D eigenvalue weighted by atomic mass is 9.87. The summed E-state index contributed by atoms with van der Waals surface area (Å²) in [6.07, 6.45) is 0.550. The first-order valence-corrected chi connectivity index (χ1v) is 11.8. The first-order valence-electron chi connectivity index (χ1n) is 11.8.